The fourth-order valence-corrected chi connectivity index (χ4v) is 4.17. The molecule has 0 amide bonds. The number of benzene rings is 3. The minimum atomic E-state index is -0.455. The maximum Gasteiger partial charge on any atom is 0 e. The molecule has 0 atom stereocenters. The third-order valence-corrected chi connectivity index (χ3v) is 5.44. The summed E-state index contributed by atoms with van der Waals surface area (Å²) >= 11 is 0. The van der Waals surface area contributed by atoms with Crippen molar-refractivity contribution in [1.82, 2.24) is 0 Å². The van der Waals surface area contributed by atoms with Crippen LogP contribution in [-0.4, -0.2) is 8.41 Å². The summed E-state index contributed by atoms with van der Waals surface area (Å²) in [5.41, 5.74) is 1.25. The molecule has 105 valence electrons. The van der Waals surface area contributed by atoms with Gasteiger partial charge in [0.15, 0.2) is 0 Å². The van der Waals surface area contributed by atoms with Gasteiger partial charge in [-0.25, -0.2) is 0 Å². The van der Waals surface area contributed by atoms with Gasteiger partial charge in [0, 0.05) is 8.41 Å². The van der Waals surface area contributed by atoms with E-state index in [1.165, 1.54) is 16.2 Å². The molecule has 0 unspecified atom stereocenters. The first kappa shape index (κ1) is 16.3. The summed E-state index contributed by atoms with van der Waals surface area (Å²) in [6.45, 7) is 0. The van der Waals surface area contributed by atoms with Crippen LogP contribution >= 0.6 is 7.92 Å². The lowest BCUT2D eigenvalue weighted by molar-refractivity contribution is 1.66. The summed E-state index contributed by atoms with van der Waals surface area (Å²) < 4.78 is 0. The van der Waals surface area contributed by atoms with Crippen LogP contribution in [0.2, 0.25) is 0 Å². The van der Waals surface area contributed by atoms with E-state index in [1.807, 2.05) is 0 Å². The van der Waals surface area contributed by atoms with Crippen molar-refractivity contribution < 1.29 is 0 Å². The van der Waals surface area contributed by atoms with Crippen molar-refractivity contribution in [2.24, 2.45) is 0 Å². The van der Waals surface area contributed by atoms with Gasteiger partial charge in [-0.15, -0.1) is 0 Å². The van der Waals surface area contributed by atoms with Crippen molar-refractivity contribution in [3.8, 4) is 0 Å². The van der Waals surface area contributed by atoms with Crippen molar-refractivity contribution in [2.75, 3.05) is 0 Å². The predicted octanol–water partition coefficient (Wildman–Crippen LogP) is 4.41. The molecule has 0 aromatic heterocycles. The highest BCUT2D eigenvalue weighted by Crippen LogP contribution is 2.35. The second-order valence-electron chi connectivity index (χ2n) is 4.77. The Labute approximate surface area is 135 Å². The zero-order valence-corrected chi connectivity index (χ0v) is 13.2. The second kappa shape index (κ2) is 8.36. The van der Waals surface area contributed by atoms with Gasteiger partial charge < -0.3 is 0 Å². The molecule has 0 aliphatic heterocycles. The number of rotatable bonds is 4. The highest BCUT2D eigenvalue weighted by atomic mass is 31.1. The van der Waals surface area contributed by atoms with Crippen LogP contribution in [0.1, 0.15) is 5.56 Å². The van der Waals surface area contributed by atoms with Crippen LogP contribution in [0.25, 0.3) is 6.08 Å². The first-order chi connectivity index (χ1) is 10.4. The second-order valence-corrected chi connectivity index (χ2v) is 6.84. The van der Waals surface area contributed by atoms with Crippen LogP contribution in [0.5, 0.6) is 0 Å². The Bertz CT molecular complexity index is 654. The van der Waals surface area contributed by atoms with Gasteiger partial charge in [-0.05, 0) is 24.1 Å². The molecule has 0 fully saturated rings. The van der Waals surface area contributed by atoms with Gasteiger partial charge in [-0.3, -0.25) is 0 Å². The van der Waals surface area contributed by atoms with E-state index >= 15 is 0 Å². The molecule has 0 saturated heterocycles. The van der Waals surface area contributed by atoms with Gasteiger partial charge in [0.2, 0.25) is 0 Å². The summed E-state index contributed by atoms with van der Waals surface area (Å²) in [5, 5.41) is 2.76. The van der Waals surface area contributed by atoms with Gasteiger partial charge in [-0.1, -0.05) is 103 Å². The Morgan fingerprint density at radius 3 is 1.41 bits per heavy atom. The lowest BCUT2D eigenvalue weighted by atomic mass is 10.2. The van der Waals surface area contributed by atoms with E-state index in [0.717, 1.165) is 0 Å². The van der Waals surface area contributed by atoms with E-state index in [4.69, 9.17) is 0 Å². The Hall–Kier alpha value is -2.11. The summed E-state index contributed by atoms with van der Waals surface area (Å²) in [4.78, 5) is 0. The summed E-state index contributed by atoms with van der Waals surface area (Å²) in [6.07, 6.45) is 2.23. The largest absolute Gasteiger partial charge is 0.0622 e. The highest BCUT2D eigenvalue weighted by Gasteiger charge is 2.09. The molecule has 0 N–H and O–H groups in total. The number of hydrogen-bond donors (Lipinski definition) is 0. The maximum atomic E-state index is 2.34. The van der Waals surface area contributed by atoms with Crippen molar-refractivity contribution in [3.63, 3.8) is 0 Å². The molecule has 0 bridgehead atoms. The van der Waals surface area contributed by atoms with Gasteiger partial charge in [-0.2, -0.15) is 0 Å². The molecular weight excluding hydrogens is 282 g/mol. The zero-order valence-electron chi connectivity index (χ0n) is 12.3. The summed E-state index contributed by atoms with van der Waals surface area (Å²) in [6, 6.07) is 32.0. The van der Waals surface area contributed by atoms with E-state index < -0.39 is 7.92 Å². The lowest BCUT2D eigenvalue weighted by Crippen LogP contribution is -2.09. The standard InChI is InChI=1S/C20H17P.B/c1-4-10-18(11-5-1)16-17-21(19-12-6-2-7-13-19)20-14-8-3-9-15-20;/h1-17H;. The molecule has 0 aliphatic carbocycles. The van der Waals surface area contributed by atoms with Crippen LogP contribution in [0.15, 0.2) is 96.8 Å². The van der Waals surface area contributed by atoms with E-state index in [0.29, 0.717) is 0 Å². The molecule has 0 heterocycles. The molecule has 0 aliphatic rings. The minimum absolute atomic E-state index is 0. The third kappa shape index (κ3) is 4.19. The van der Waals surface area contributed by atoms with Crippen LogP contribution in [0, 0.1) is 0 Å². The predicted molar refractivity (Wildman–Crippen MR) is 100 cm³/mol. The van der Waals surface area contributed by atoms with Crippen LogP contribution in [0.3, 0.4) is 0 Å². The molecule has 22 heavy (non-hydrogen) atoms. The van der Waals surface area contributed by atoms with Crippen molar-refractivity contribution in [3.05, 3.63) is 102 Å². The highest BCUT2D eigenvalue weighted by molar-refractivity contribution is 7.75. The monoisotopic (exact) mass is 299 g/mol. The molecule has 0 saturated carbocycles. The summed E-state index contributed by atoms with van der Waals surface area (Å²) in [7, 11) is -0.455. The smallest absolute Gasteiger partial charge is 0 e. The number of hydrogen-bond acceptors (Lipinski definition) is 0. The zero-order chi connectivity index (χ0) is 14.3. The van der Waals surface area contributed by atoms with Crippen molar-refractivity contribution >= 4 is 33.0 Å². The van der Waals surface area contributed by atoms with Gasteiger partial charge in [0.1, 0.15) is 0 Å². The Morgan fingerprint density at radius 2 is 0.955 bits per heavy atom. The van der Waals surface area contributed by atoms with Gasteiger partial charge in [0.25, 0.3) is 0 Å². The molecule has 3 aromatic carbocycles. The molecule has 0 spiro atoms. The van der Waals surface area contributed by atoms with E-state index in [1.54, 1.807) is 0 Å². The molecule has 2 heteroatoms. The van der Waals surface area contributed by atoms with Crippen molar-refractivity contribution in [1.29, 1.82) is 0 Å². The average molecular weight is 299 g/mol. The first-order valence-electron chi connectivity index (χ1n) is 7.06. The third-order valence-electron chi connectivity index (χ3n) is 3.28. The quantitative estimate of drug-likeness (QED) is 0.494. The van der Waals surface area contributed by atoms with E-state index in [-0.39, 0.29) is 8.41 Å². The van der Waals surface area contributed by atoms with E-state index in [9.17, 15) is 0 Å². The normalized spacial score (nSPS) is 10.6. The first-order valence-corrected chi connectivity index (χ1v) is 8.47. The molecule has 3 rings (SSSR count). The SMILES string of the molecule is C(=CP(c1ccccc1)c1ccccc1)c1ccccc1.[B]. The van der Waals surface area contributed by atoms with Crippen LogP contribution < -0.4 is 10.6 Å². The maximum absolute atomic E-state index is 2.34. The van der Waals surface area contributed by atoms with Crippen LogP contribution in [-0.2, 0) is 0 Å². The lowest BCUT2D eigenvalue weighted by Gasteiger charge is -2.14. The van der Waals surface area contributed by atoms with Crippen LogP contribution in [0.4, 0.5) is 0 Å². The molecule has 0 nitrogen and oxygen atoms in total. The topological polar surface area (TPSA) is 0 Å². The summed E-state index contributed by atoms with van der Waals surface area (Å²) in [5.74, 6) is 2.34. The molecule has 3 aromatic rings. The Balaban J connectivity index is 0.00000176. The average Bonchev–Trinajstić information content (AvgIpc) is 2.58. The Kier molecular flexibility index (Phi) is 6.19. The van der Waals surface area contributed by atoms with Crippen molar-refractivity contribution in [2.45, 2.75) is 0 Å². The minimum Gasteiger partial charge on any atom is -0.0622 e. The molecular formula is C20H17BP. The van der Waals surface area contributed by atoms with Gasteiger partial charge in [0.05, 0.1) is 0 Å². The fraction of sp³-hybridized carbons (Fsp3) is 0. The van der Waals surface area contributed by atoms with E-state index in [2.05, 4.69) is 103 Å². The fourth-order valence-electron chi connectivity index (χ4n) is 2.22. The Morgan fingerprint density at radius 1 is 0.545 bits per heavy atom. The molecule has 3 radical (unpaired) electrons. The van der Waals surface area contributed by atoms with Gasteiger partial charge >= 0.3 is 0 Å².